The summed E-state index contributed by atoms with van der Waals surface area (Å²) < 4.78 is 11.4. The van der Waals surface area contributed by atoms with Crippen molar-refractivity contribution in [1.29, 1.82) is 0 Å². The number of piperazine rings is 1. The lowest BCUT2D eigenvalue weighted by atomic mass is 10.2. The number of anilines is 1. The Morgan fingerprint density at radius 2 is 1.70 bits per heavy atom. The molecule has 0 N–H and O–H groups in total. The summed E-state index contributed by atoms with van der Waals surface area (Å²) in [6.45, 7) is 7.73. The van der Waals surface area contributed by atoms with Gasteiger partial charge in [0.25, 0.3) is 0 Å². The summed E-state index contributed by atoms with van der Waals surface area (Å²) in [7, 11) is 0. The minimum absolute atomic E-state index is 0.0713. The van der Waals surface area contributed by atoms with Gasteiger partial charge in [-0.3, -0.25) is 10.1 Å². The lowest BCUT2D eigenvalue weighted by molar-refractivity contribution is -0.385. The highest BCUT2D eigenvalue weighted by Gasteiger charge is 2.29. The zero-order valence-corrected chi connectivity index (χ0v) is 17.5. The molecule has 2 aromatic rings. The van der Waals surface area contributed by atoms with Crippen LogP contribution in [-0.2, 0) is 11.3 Å². The first-order valence-corrected chi connectivity index (χ1v) is 9.91. The Bertz CT molecular complexity index is 887. The molecule has 2 aromatic carbocycles. The molecule has 0 bridgehead atoms. The van der Waals surface area contributed by atoms with Gasteiger partial charge in [0.05, 0.1) is 10.6 Å². The number of rotatable bonds is 5. The zero-order valence-electron chi connectivity index (χ0n) is 17.5. The average Bonchev–Trinajstić information content (AvgIpc) is 2.71. The summed E-state index contributed by atoms with van der Waals surface area (Å²) in [6, 6.07) is 14.4. The average molecular weight is 413 g/mol. The molecule has 1 saturated heterocycles. The van der Waals surface area contributed by atoms with E-state index in [0.29, 0.717) is 31.9 Å². The number of nitro groups is 1. The standard InChI is InChI=1S/C22H27N3O5/c1-22(2,3)30-21(26)24-14-12-23(13-15-24)18-10-7-11-19(25(27)28)20(18)29-16-17-8-5-4-6-9-17/h4-11H,12-16H2,1-3H3. The van der Waals surface area contributed by atoms with Crippen molar-refractivity contribution in [2.75, 3.05) is 31.1 Å². The highest BCUT2D eigenvalue weighted by Crippen LogP contribution is 2.38. The molecule has 1 aliphatic rings. The molecule has 8 heteroatoms. The van der Waals surface area contributed by atoms with Crippen LogP contribution >= 0.6 is 0 Å². The van der Waals surface area contributed by atoms with E-state index in [1.54, 1.807) is 11.0 Å². The molecule has 0 radical (unpaired) electrons. The summed E-state index contributed by atoms with van der Waals surface area (Å²) in [6.07, 6.45) is -0.346. The number of para-hydroxylation sites is 1. The third-order valence-electron chi connectivity index (χ3n) is 4.67. The fourth-order valence-corrected chi connectivity index (χ4v) is 3.24. The third kappa shape index (κ3) is 5.40. The minimum atomic E-state index is -0.549. The van der Waals surface area contributed by atoms with Gasteiger partial charge in [0.2, 0.25) is 5.75 Å². The molecule has 0 aliphatic carbocycles. The van der Waals surface area contributed by atoms with Gasteiger partial charge in [0.15, 0.2) is 0 Å². The van der Waals surface area contributed by atoms with Crippen molar-refractivity contribution in [3.63, 3.8) is 0 Å². The van der Waals surface area contributed by atoms with E-state index in [1.807, 2.05) is 62.1 Å². The van der Waals surface area contributed by atoms with Crippen LogP contribution in [0.5, 0.6) is 5.75 Å². The molecule has 0 saturated carbocycles. The van der Waals surface area contributed by atoms with Crippen LogP contribution in [0, 0.1) is 10.1 Å². The minimum Gasteiger partial charge on any atom is -0.481 e. The first-order chi connectivity index (χ1) is 14.2. The van der Waals surface area contributed by atoms with Crippen molar-refractivity contribution in [2.24, 2.45) is 0 Å². The Labute approximate surface area is 176 Å². The Morgan fingerprint density at radius 1 is 1.03 bits per heavy atom. The number of hydrogen-bond acceptors (Lipinski definition) is 6. The first kappa shape index (κ1) is 21.4. The van der Waals surface area contributed by atoms with Crippen LogP contribution < -0.4 is 9.64 Å². The number of carbonyl (C=O) groups is 1. The van der Waals surface area contributed by atoms with Gasteiger partial charge in [0, 0.05) is 32.2 Å². The number of amides is 1. The zero-order chi connectivity index (χ0) is 21.7. The largest absolute Gasteiger partial charge is 0.481 e. The summed E-state index contributed by atoms with van der Waals surface area (Å²) in [4.78, 5) is 27.1. The molecular weight excluding hydrogens is 386 g/mol. The van der Waals surface area contributed by atoms with Gasteiger partial charge >= 0.3 is 11.8 Å². The maximum absolute atomic E-state index is 12.3. The van der Waals surface area contributed by atoms with E-state index in [1.165, 1.54) is 6.07 Å². The van der Waals surface area contributed by atoms with Gasteiger partial charge in [-0.2, -0.15) is 0 Å². The smallest absolute Gasteiger partial charge is 0.410 e. The van der Waals surface area contributed by atoms with E-state index < -0.39 is 10.5 Å². The highest BCUT2D eigenvalue weighted by molar-refractivity contribution is 5.70. The van der Waals surface area contributed by atoms with Crippen LogP contribution in [0.4, 0.5) is 16.2 Å². The van der Waals surface area contributed by atoms with Gasteiger partial charge in [-0.25, -0.2) is 4.79 Å². The van der Waals surface area contributed by atoms with E-state index in [9.17, 15) is 14.9 Å². The summed E-state index contributed by atoms with van der Waals surface area (Å²) in [5.74, 6) is 0.247. The predicted molar refractivity (Wildman–Crippen MR) is 114 cm³/mol. The fourth-order valence-electron chi connectivity index (χ4n) is 3.24. The normalized spacial score (nSPS) is 14.4. The molecule has 0 aromatic heterocycles. The summed E-state index contributed by atoms with van der Waals surface area (Å²) >= 11 is 0. The van der Waals surface area contributed by atoms with Crippen LogP contribution in [0.1, 0.15) is 26.3 Å². The number of benzene rings is 2. The molecule has 1 fully saturated rings. The molecule has 160 valence electrons. The topological polar surface area (TPSA) is 85.2 Å². The SMILES string of the molecule is CC(C)(C)OC(=O)N1CCN(c2cccc([N+](=O)[O-])c2OCc2ccccc2)CC1. The van der Waals surface area contributed by atoms with Gasteiger partial charge < -0.3 is 19.3 Å². The lowest BCUT2D eigenvalue weighted by Gasteiger charge is -2.37. The second-order valence-electron chi connectivity index (χ2n) is 8.11. The Morgan fingerprint density at radius 3 is 2.30 bits per heavy atom. The Hall–Kier alpha value is -3.29. The molecule has 3 rings (SSSR count). The number of carbonyl (C=O) groups excluding carboxylic acids is 1. The maximum atomic E-state index is 12.3. The van der Waals surface area contributed by atoms with Crippen LogP contribution in [0.3, 0.4) is 0 Å². The van der Waals surface area contributed by atoms with Gasteiger partial charge in [-0.15, -0.1) is 0 Å². The van der Waals surface area contributed by atoms with Gasteiger partial charge in [-0.05, 0) is 32.4 Å². The lowest BCUT2D eigenvalue weighted by Crippen LogP contribution is -2.50. The molecule has 0 spiro atoms. The van der Waals surface area contributed by atoms with Crippen molar-refractivity contribution in [2.45, 2.75) is 33.0 Å². The van der Waals surface area contributed by atoms with Crippen LogP contribution in [-0.4, -0.2) is 47.7 Å². The van der Waals surface area contributed by atoms with E-state index in [4.69, 9.17) is 9.47 Å². The molecule has 1 aliphatic heterocycles. The molecule has 0 atom stereocenters. The first-order valence-electron chi connectivity index (χ1n) is 9.91. The highest BCUT2D eigenvalue weighted by atomic mass is 16.6. The van der Waals surface area contributed by atoms with Crippen molar-refractivity contribution < 1.29 is 19.2 Å². The monoisotopic (exact) mass is 413 g/mol. The maximum Gasteiger partial charge on any atom is 0.410 e. The third-order valence-corrected chi connectivity index (χ3v) is 4.67. The predicted octanol–water partition coefficient (Wildman–Crippen LogP) is 4.23. The van der Waals surface area contributed by atoms with Gasteiger partial charge in [0.1, 0.15) is 12.2 Å². The summed E-state index contributed by atoms with van der Waals surface area (Å²) in [5.41, 5.74) is 0.963. The van der Waals surface area contributed by atoms with E-state index in [-0.39, 0.29) is 24.1 Å². The van der Waals surface area contributed by atoms with Crippen molar-refractivity contribution in [3.05, 3.63) is 64.2 Å². The number of nitro benzene ring substituents is 1. The molecular formula is C22H27N3O5. The molecule has 1 heterocycles. The number of hydrogen-bond donors (Lipinski definition) is 0. The van der Waals surface area contributed by atoms with Crippen LogP contribution in [0.2, 0.25) is 0 Å². The number of ether oxygens (including phenoxy) is 2. The molecule has 8 nitrogen and oxygen atoms in total. The van der Waals surface area contributed by atoms with Crippen molar-refractivity contribution >= 4 is 17.5 Å². The molecule has 0 unspecified atom stereocenters. The van der Waals surface area contributed by atoms with E-state index in [2.05, 4.69) is 0 Å². The molecule has 30 heavy (non-hydrogen) atoms. The van der Waals surface area contributed by atoms with Crippen molar-refractivity contribution in [1.82, 2.24) is 4.90 Å². The summed E-state index contributed by atoms with van der Waals surface area (Å²) in [5, 5.41) is 11.6. The second-order valence-corrected chi connectivity index (χ2v) is 8.11. The van der Waals surface area contributed by atoms with Crippen LogP contribution in [0.25, 0.3) is 0 Å². The van der Waals surface area contributed by atoms with Crippen LogP contribution in [0.15, 0.2) is 48.5 Å². The Kier molecular flexibility index (Phi) is 6.44. The number of nitrogens with zero attached hydrogens (tertiary/aromatic N) is 3. The van der Waals surface area contributed by atoms with Gasteiger partial charge in [-0.1, -0.05) is 36.4 Å². The molecule has 1 amide bonds. The van der Waals surface area contributed by atoms with E-state index >= 15 is 0 Å². The van der Waals surface area contributed by atoms with Crippen molar-refractivity contribution in [3.8, 4) is 5.75 Å². The fraction of sp³-hybridized carbons (Fsp3) is 0.409. The quantitative estimate of drug-likeness (QED) is 0.539. The Balaban J connectivity index is 1.75. The van der Waals surface area contributed by atoms with E-state index in [0.717, 1.165) is 5.56 Å². The second kappa shape index (κ2) is 9.02.